The van der Waals surface area contributed by atoms with E-state index in [1.54, 1.807) is 0 Å². The summed E-state index contributed by atoms with van der Waals surface area (Å²) in [4.78, 5) is 11.9. The van der Waals surface area contributed by atoms with Gasteiger partial charge >= 0.3 is 0 Å². The number of hydrogen-bond acceptors (Lipinski definition) is 2. The van der Waals surface area contributed by atoms with Crippen molar-refractivity contribution in [3.8, 4) is 0 Å². The van der Waals surface area contributed by atoms with Gasteiger partial charge in [0.15, 0.2) is 0 Å². The Morgan fingerprint density at radius 2 is 1.64 bits per heavy atom. The molecule has 3 heteroatoms. The third kappa shape index (κ3) is 3.67. The van der Waals surface area contributed by atoms with Gasteiger partial charge in [-0.2, -0.15) is 0 Å². The van der Waals surface area contributed by atoms with Gasteiger partial charge in [0.1, 0.15) is 0 Å². The first-order valence-corrected chi connectivity index (χ1v) is 7.99. The summed E-state index contributed by atoms with van der Waals surface area (Å²) in [5.41, 5.74) is 2.29. The van der Waals surface area contributed by atoms with Gasteiger partial charge in [0.2, 0.25) is 5.91 Å². The van der Waals surface area contributed by atoms with Crippen LogP contribution in [0.15, 0.2) is 60.7 Å². The van der Waals surface area contributed by atoms with E-state index in [2.05, 4.69) is 34.9 Å². The first-order chi connectivity index (χ1) is 10.8. The van der Waals surface area contributed by atoms with Gasteiger partial charge in [-0.25, -0.2) is 0 Å². The lowest BCUT2D eigenvalue weighted by molar-refractivity contribution is -0.121. The Morgan fingerprint density at radius 1 is 0.955 bits per heavy atom. The predicted molar refractivity (Wildman–Crippen MR) is 89.6 cm³/mol. The lowest BCUT2D eigenvalue weighted by Gasteiger charge is -2.29. The molecule has 1 heterocycles. The number of nitrogens with one attached hydrogen (secondary N) is 2. The summed E-state index contributed by atoms with van der Waals surface area (Å²) in [6.45, 7) is 0. The van der Waals surface area contributed by atoms with Crippen molar-refractivity contribution < 1.29 is 4.79 Å². The van der Waals surface area contributed by atoms with E-state index in [0.717, 1.165) is 24.9 Å². The van der Waals surface area contributed by atoms with Crippen LogP contribution in [-0.4, -0.2) is 11.9 Å². The Morgan fingerprint density at radius 3 is 2.36 bits per heavy atom. The molecule has 114 valence electrons. The summed E-state index contributed by atoms with van der Waals surface area (Å²) < 4.78 is 0. The maximum Gasteiger partial charge on any atom is 0.220 e. The summed E-state index contributed by atoms with van der Waals surface area (Å²) in [6.07, 6.45) is 3.72. The minimum Gasteiger partial charge on any atom is -0.376 e. The molecule has 22 heavy (non-hydrogen) atoms. The number of carbonyl (C=O) groups excluding carboxylic acids is 1. The Bertz CT molecular complexity index is 597. The molecule has 0 spiro atoms. The standard InChI is InChI=1S/C19H22N2O/c22-18-14-8-7-13-17(21-18)19(15-9-3-1-4-10-15)20-16-11-5-2-6-12-16/h1-6,9-12,17,19-20H,7-8,13-14H2,(H,21,22). The molecular weight excluding hydrogens is 272 g/mol. The van der Waals surface area contributed by atoms with Crippen LogP contribution in [-0.2, 0) is 4.79 Å². The number of hydrogen-bond donors (Lipinski definition) is 2. The van der Waals surface area contributed by atoms with Crippen molar-refractivity contribution in [2.24, 2.45) is 0 Å². The fourth-order valence-electron chi connectivity index (χ4n) is 3.04. The molecule has 0 saturated carbocycles. The molecule has 1 aliphatic rings. The smallest absolute Gasteiger partial charge is 0.220 e. The first-order valence-electron chi connectivity index (χ1n) is 7.99. The van der Waals surface area contributed by atoms with Crippen LogP contribution in [0, 0.1) is 0 Å². The van der Waals surface area contributed by atoms with Crippen molar-refractivity contribution in [3.05, 3.63) is 66.2 Å². The van der Waals surface area contributed by atoms with Crippen molar-refractivity contribution in [2.45, 2.75) is 37.8 Å². The molecule has 2 atom stereocenters. The van der Waals surface area contributed by atoms with Crippen molar-refractivity contribution >= 4 is 11.6 Å². The van der Waals surface area contributed by atoms with Gasteiger partial charge in [0.05, 0.1) is 12.1 Å². The molecule has 0 bridgehead atoms. The van der Waals surface area contributed by atoms with E-state index >= 15 is 0 Å². The van der Waals surface area contributed by atoms with E-state index in [0.29, 0.717) is 6.42 Å². The van der Waals surface area contributed by atoms with Crippen LogP contribution in [0.25, 0.3) is 0 Å². The second-order valence-corrected chi connectivity index (χ2v) is 5.82. The van der Waals surface area contributed by atoms with E-state index in [4.69, 9.17) is 0 Å². The van der Waals surface area contributed by atoms with Crippen molar-refractivity contribution in [2.75, 3.05) is 5.32 Å². The number of rotatable bonds is 4. The van der Waals surface area contributed by atoms with Crippen molar-refractivity contribution in [3.63, 3.8) is 0 Å². The van der Waals surface area contributed by atoms with E-state index in [1.165, 1.54) is 5.56 Å². The molecule has 0 aliphatic carbocycles. The lowest BCUT2D eigenvalue weighted by Crippen LogP contribution is -2.40. The summed E-state index contributed by atoms with van der Waals surface area (Å²) in [5.74, 6) is 0.165. The molecular formula is C19H22N2O. The van der Waals surface area contributed by atoms with Crippen molar-refractivity contribution in [1.82, 2.24) is 5.32 Å². The number of benzene rings is 2. The van der Waals surface area contributed by atoms with Crippen LogP contribution in [0.4, 0.5) is 5.69 Å². The highest BCUT2D eigenvalue weighted by atomic mass is 16.1. The second kappa shape index (κ2) is 7.12. The molecule has 1 saturated heterocycles. The van der Waals surface area contributed by atoms with E-state index in [9.17, 15) is 4.79 Å². The van der Waals surface area contributed by atoms with Crippen LogP contribution in [0.1, 0.15) is 37.3 Å². The van der Waals surface area contributed by atoms with Gasteiger partial charge in [-0.15, -0.1) is 0 Å². The quantitative estimate of drug-likeness (QED) is 0.898. The predicted octanol–water partition coefficient (Wildman–Crippen LogP) is 3.90. The normalized spacial score (nSPS) is 19.8. The van der Waals surface area contributed by atoms with Crippen LogP contribution in [0.2, 0.25) is 0 Å². The van der Waals surface area contributed by atoms with E-state index in [1.807, 2.05) is 36.4 Å². The van der Waals surface area contributed by atoms with Gasteiger partial charge in [-0.05, 0) is 30.5 Å². The molecule has 2 unspecified atom stereocenters. The fraction of sp³-hybridized carbons (Fsp3) is 0.316. The summed E-state index contributed by atoms with van der Waals surface area (Å²) in [6, 6.07) is 20.8. The summed E-state index contributed by atoms with van der Waals surface area (Å²) >= 11 is 0. The molecule has 0 radical (unpaired) electrons. The third-order valence-electron chi connectivity index (χ3n) is 4.17. The van der Waals surface area contributed by atoms with Gasteiger partial charge in [-0.1, -0.05) is 55.0 Å². The highest BCUT2D eigenvalue weighted by Gasteiger charge is 2.26. The highest BCUT2D eigenvalue weighted by Crippen LogP contribution is 2.27. The van der Waals surface area contributed by atoms with Crippen LogP contribution in [0.5, 0.6) is 0 Å². The summed E-state index contributed by atoms with van der Waals surface area (Å²) in [5, 5.41) is 6.79. The Balaban J connectivity index is 1.87. The molecule has 1 amide bonds. The average Bonchev–Trinajstić information content (AvgIpc) is 2.79. The number of amides is 1. The average molecular weight is 294 g/mol. The number of anilines is 1. The maximum absolute atomic E-state index is 11.9. The molecule has 1 aliphatic heterocycles. The van der Waals surface area contributed by atoms with Gasteiger partial charge in [-0.3, -0.25) is 4.79 Å². The van der Waals surface area contributed by atoms with Crippen LogP contribution >= 0.6 is 0 Å². The molecule has 2 aromatic carbocycles. The summed E-state index contributed by atoms with van der Waals surface area (Å²) in [7, 11) is 0. The van der Waals surface area contributed by atoms with Crippen LogP contribution < -0.4 is 10.6 Å². The molecule has 1 fully saturated rings. The van der Waals surface area contributed by atoms with Gasteiger partial charge in [0.25, 0.3) is 0 Å². The number of para-hydroxylation sites is 1. The Kier molecular flexibility index (Phi) is 4.74. The van der Waals surface area contributed by atoms with E-state index < -0.39 is 0 Å². The zero-order valence-electron chi connectivity index (χ0n) is 12.7. The minimum atomic E-state index is 0.0886. The first kappa shape index (κ1) is 14.6. The van der Waals surface area contributed by atoms with E-state index in [-0.39, 0.29) is 18.0 Å². The monoisotopic (exact) mass is 294 g/mol. The van der Waals surface area contributed by atoms with Gasteiger partial charge < -0.3 is 10.6 Å². The lowest BCUT2D eigenvalue weighted by atomic mass is 9.95. The molecule has 2 N–H and O–H groups in total. The molecule has 3 rings (SSSR count). The van der Waals surface area contributed by atoms with Gasteiger partial charge in [0, 0.05) is 12.1 Å². The largest absolute Gasteiger partial charge is 0.376 e. The SMILES string of the molecule is O=C1CCCCC(C(Nc2ccccc2)c2ccccc2)N1. The second-order valence-electron chi connectivity index (χ2n) is 5.82. The Labute approximate surface area is 131 Å². The third-order valence-corrected chi connectivity index (χ3v) is 4.17. The number of carbonyl (C=O) groups is 1. The zero-order valence-corrected chi connectivity index (χ0v) is 12.7. The zero-order chi connectivity index (χ0) is 15.2. The molecule has 0 aromatic heterocycles. The minimum absolute atomic E-state index is 0.0886. The highest BCUT2D eigenvalue weighted by molar-refractivity contribution is 5.76. The molecule has 3 nitrogen and oxygen atoms in total. The maximum atomic E-state index is 11.9. The topological polar surface area (TPSA) is 41.1 Å². The fourth-order valence-corrected chi connectivity index (χ4v) is 3.04. The molecule has 2 aromatic rings. The Hall–Kier alpha value is -2.29. The van der Waals surface area contributed by atoms with Crippen molar-refractivity contribution in [1.29, 1.82) is 0 Å². The van der Waals surface area contributed by atoms with Crippen LogP contribution in [0.3, 0.4) is 0 Å².